The standard InChI is InChI=1S/C21H19N3O4.C20H18ClN3O2/c1-3-24-20(26)19(22-16-11-9-15(10-12-16)21(27)28)17(13(2)25)18(23-24)14-7-5-4-6-8-14;1-3-24-20(26)19(22-16-11-7-10-15(21)12-16)17(13(2)25)18(23-24)14-8-5-4-6-9-14/h4-12,22H,3H2,1-2H3,(H,27,28);4-12,22H,3H2,1-2H3. The van der Waals surface area contributed by atoms with Crippen LogP contribution in [-0.2, 0) is 13.1 Å². The molecule has 0 atom stereocenters. The molecule has 3 N–H and O–H groups in total. The molecule has 6 rings (SSSR count). The third-order valence-electron chi connectivity index (χ3n) is 8.20. The van der Waals surface area contributed by atoms with Crippen LogP contribution in [0.25, 0.3) is 22.5 Å². The summed E-state index contributed by atoms with van der Waals surface area (Å²) < 4.78 is 2.64. The summed E-state index contributed by atoms with van der Waals surface area (Å²) in [5.41, 5.74) is 3.66. The molecule has 13 heteroatoms. The fraction of sp³-hybridized carbons (Fsp3) is 0.146. The summed E-state index contributed by atoms with van der Waals surface area (Å²) in [5, 5.41) is 24.4. The van der Waals surface area contributed by atoms with E-state index in [0.29, 0.717) is 40.9 Å². The number of rotatable bonds is 11. The smallest absolute Gasteiger partial charge is 0.335 e. The average Bonchev–Trinajstić information content (AvgIpc) is 3.17. The van der Waals surface area contributed by atoms with Gasteiger partial charge in [0.15, 0.2) is 11.6 Å². The van der Waals surface area contributed by atoms with E-state index in [2.05, 4.69) is 20.8 Å². The number of hydrogen-bond donors (Lipinski definition) is 3. The van der Waals surface area contributed by atoms with Crippen molar-refractivity contribution in [3.05, 3.63) is 152 Å². The number of ketones is 2. The highest BCUT2D eigenvalue weighted by Gasteiger charge is 2.23. The summed E-state index contributed by atoms with van der Waals surface area (Å²) >= 11 is 6.04. The maximum atomic E-state index is 12.9. The van der Waals surface area contributed by atoms with Crippen molar-refractivity contribution in [2.24, 2.45) is 0 Å². The van der Waals surface area contributed by atoms with E-state index in [-0.39, 0.29) is 45.2 Å². The zero-order valence-corrected chi connectivity index (χ0v) is 30.7. The van der Waals surface area contributed by atoms with E-state index >= 15 is 0 Å². The van der Waals surface area contributed by atoms with Crippen LogP contribution >= 0.6 is 11.6 Å². The number of Topliss-reactive ketones (excluding diaryl/α,β-unsaturated/α-hetero) is 2. The maximum absolute atomic E-state index is 12.9. The Morgan fingerprint density at radius 3 is 1.46 bits per heavy atom. The van der Waals surface area contributed by atoms with Gasteiger partial charge in [-0.15, -0.1) is 0 Å². The zero-order valence-electron chi connectivity index (χ0n) is 30.0. The van der Waals surface area contributed by atoms with Crippen LogP contribution in [0, 0.1) is 0 Å². The van der Waals surface area contributed by atoms with Gasteiger partial charge in [-0.2, -0.15) is 10.2 Å². The van der Waals surface area contributed by atoms with E-state index in [0.717, 1.165) is 11.1 Å². The Morgan fingerprint density at radius 1 is 0.630 bits per heavy atom. The highest BCUT2D eigenvalue weighted by Crippen LogP contribution is 2.29. The minimum Gasteiger partial charge on any atom is -0.478 e. The topological polar surface area (TPSA) is 165 Å². The van der Waals surface area contributed by atoms with Gasteiger partial charge in [0.2, 0.25) is 0 Å². The number of carboxylic acids is 1. The molecule has 54 heavy (non-hydrogen) atoms. The van der Waals surface area contributed by atoms with E-state index < -0.39 is 11.5 Å². The number of benzene rings is 4. The van der Waals surface area contributed by atoms with Crippen molar-refractivity contribution >= 4 is 51.9 Å². The molecule has 0 aliphatic rings. The van der Waals surface area contributed by atoms with Gasteiger partial charge in [-0.1, -0.05) is 78.3 Å². The first-order valence-corrected chi connectivity index (χ1v) is 17.4. The Bertz CT molecular complexity index is 2450. The normalized spacial score (nSPS) is 10.5. The van der Waals surface area contributed by atoms with Crippen molar-refractivity contribution < 1.29 is 19.5 Å². The van der Waals surface area contributed by atoms with Crippen LogP contribution in [0.15, 0.2) is 119 Å². The number of carbonyl (C=O) groups excluding carboxylic acids is 2. The monoisotopic (exact) mass is 744 g/mol. The van der Waals surface area contributed by atoms with Crippen molar-refractivity contribution in [3.8, 4) is 22.5 Å². The van der Waals surface area contributed by atoms with Gasteiger partial charge in [0.05, 0.1) is 16.7 Å². The number of aryl methyl sites for hydroxylation is 2. The Balaban J connectivity index is 0.000000208. The summed E-state index contributed by atoms with van der Waals surface area (Å²) in [6.07, 6.45) is 0. The third-order valence-corrected chi connectivity index (χ3v) is 8.44. The van der Waals surface area contributed by atoms with Crippen LogP contribution in [0.5, 0.6) is 0 Å². The molecule has 0 amide bonds. The van der Waals surface area contributed by atoms with Gasteiger partial charge in [-0.3, -0.25) is 19.2 Å². The molecule has 0 bridgehead atoms. The number of aromatic carboxylic acids is 1. The van der Waals surface area contributed by atoms with E-state index in [1.54, 1.807) is 43.3 Å². The summed E-state index contributed by atoms with van der Waals surface area (Å²) in [7, 11) is 0. The highest BCUT2D eigenvalue weighted by atomic mass is 35.5. The van der Waals surface area contributed by atoms with Gasteiger partial charge >= 0.3 is 5.97 Å². The van der Waals surface area contributed by atoms with E-state index in [9.17, 15) is 24.0 Å². The van der Waals surface area contributed by atoms with E-state index in [1.165, 1.54) is 35.3 Å². The van der Waals surface area contributed by atoms with Crippen molar-refractivity contribution in [3.63, 3.8) is 0 Å². The molecular weight excluding hydrogens is 708 g/mol. The number of hydrogen-bond acceptors (Lipinski definition) is 9. The number of nitrogens with one attached hydrogen (secondary N) is 2. The van der Waals surface area contributed by atoms with Crippen molar-refractivity contribution in [2.75, 3.05) is 10.6 Å². The summed E-state index contributed by atoms with van der Waals surface area (Å²) in [4.78, 5) is 61.6. The predicted octanol–water partition coefficient (Wildman–Crippen LogP) is 8.10. The van der Waals surface area contributed by atoms with Crippen LogP contribution in [0.4, 0.5) is 22.7 Å². The van der Waals surface area contributed by atoms with Crippen LogP contribution < -0.4 is 21.8 Å². The molecule has 0 saturated heterocycles. The molecule has 0 spiro atoms. The van der Waals surface area contributed by atoms with Gasteiger partial charge in [0, 0.05) is 40.6 Å². The molecule has 0 saturated carbocycles. The molecule has 0 unspecified atom stereocenters. The van der Waals surface area contributed by atoms with Crippen LogP contribution in [0.2, 0.25) is 5.02 Å². The molecule has 4 aromatic carbocycles. The SMILES string of the molecule is CCn1nc(-c2ccccc2)c(C(C)=O)c(Nc2ccc(C(=O)O)cc2)c1=O.CCn1nc(-c2ccccc2)c(C(C)=O)c(Nc2cccc(Cl)c2)c1=O. The number of carbonyl (C=O) groups is 3. The van der Waals surface area contributed by atoms with Crippen molar-refractivity contribution in [1.29, 1.82) is 0 Å². The number of halogens is 1. The van der Waals surface area contributed by atoms with Crippen molar-refractivity contribution in [1.82, 2.24) is 19.6 Å². The second kappa shape index (κ2) is 17.2. The van der Waals surface area contributed by atoms with Gasteiger partial charge in [-0.05, 0) is 70.2 Å². The average molecular weight is 745 g/mol. The molecule has 0 aliphatic carbocycles. The van der Waals surface area contributed by atoms with Gasteiger partial charge in [0.25, 0.3) is 11.1 Å². The summed E-state index contributed by atoms with van der Waals surface area (Å²) in [6.45, 7) is 7.17. The summed E-state index contributed by atoms with van der Waals surface area (Å²) in [6, 6.07) is 31.5. The molecule has 0 radical (unpaired) electrons. The molecule has 6 aromatic rings. The largest absolute Gasteiger partial charge is 0.478 e. The lowest BCUT2D eigenvalue weighted by atomic mass is 10.0. The second-order valence-corrected chi connectivity index (χ2v) is 12.4. The zero-order chi connectivity index (χ0) is 38.9. The van der Waals surface area contributed by atoms with Gasteiger partial charge in [-0.25, -0.2) is 14.2 Å². The molecule has 0 aliphatic heterocycles. The predicted molar refractivity (Wildman–Crippen MR) is 211 cm³/mol. The number of nitrogens with zero attached hydrogens (tertiary/aromatic N) is 4. The summed E-state index contributed by atoms with van der Waals surface area (Å²) in [5.74, 6) is -1.57. The molecule has 2 aromatic heterocycles. The molecule has 274 valence electrons. The third kappa shape index (κ3) is 8.68. The Labute approximate surface area is 315 Å². The number of aromatic nitrogens is 4. The van der Waals surface area contributed by atoms with E-state index in [4.69, 9.17) is 16.7 Å². The lowest BCUT2D eigenvalue weighted by molar-refractivity contribution is 0.0696. The first-order valence-electron chi connectivity index (χ1n) is 17.0. The molecular formula is C41H37ClN6O6. The molecule has 0 fully saturated rings. The lowest BCUT2D eigenvalue weighted by Crippen LogP contribution is -2.28. The van der Waals surface area contributed by atoms with Gasteiger partial charge < -0.3 is 15.7 Å². The first kappa shape index (κ1) is 38.6. The fourth-order valence-electron chi connectivity index (χ4n) is 5.63. The number of anilines is 4. The van der Waals surface area contributed by atoms with Crippen LogP contribution in [0.3, 0.4) is 0 Å². The highest BCUT2D eigenvalue weighted by molar-refractivity contribution is 6.30. The minimum absolute atomic E-state index is 0.117. The van der Waals surface area contributed by atoms with E-state index in [1.807, 2.05) is 67.6 Å². The van der Waals surface area contributed by atoms with Crippen molar-refractivity contribution in [2.45, 2.75) is 40.8 Å². The Kier molecular flexibility index (Phi) is 12.3. The first-order chi connectivity index (χ1) is 25.9. The maximum Gasteiger partial charge on any atom is 0.335 e. The van der Waals surface area contributed by atoms with Crippen LogP contribution in [0.1, 0.15) is 58.8 Å². The quantitative estimate of drug-likeness (QED) is 0.110. The van der Waals surface area contributed by atoms with Crippen LogP contribution in [-0.4, -0.2) is 42.2 Å². The number of carboxylic acid groups (broad SMARTS) is 1. The Hall–Kier alpha value is -6.66. The molecule has 2 heterocycles. The molecule has 12 nitrogen and oxygen atoms in total. The Morgan fingerprint density at radius 2 is 1.07 bits per heavy atom. The fourth-order valence-corrected chi connectivity index (χ4v) is 5.82. The lowest BCUT2D eigenvalue weighted by Gasteiger charge is -2.16. The second-order valence-electron chi connectivity index (χ2n) is 11.9. The minimum atomic E-state index is -1.04. The van der Waals surface area contributed by atoms with Gasteiger partial charge in [0.1, 0.15) is 22.8 Å².